The van der Waals surface area contributed by atoms with Crippen molar-refractivity contribution in [2.75, 3.05) is 13.1 Å². The molecule has 0 radical (unpaired) electrons. The van der Waals surface area contributed by atoms with Crippen molar-refractivity contribution in [1.29, 1.82) is 0 Å². The summed E-state index contributed by atoms with van der Waals surface area (Å²) in [5.74, 6) is 0.0987. The Morgan fingerprint density at radius 3 is 2.48 bits per heavy atom. The minimum absolute atomic E-state index is 0.0116. The Balaban J connectivity index is 2.36. The maximum atomic E-state index is 11.7. The number of urea groups is 1. The quantitative estimate of drug-likeness (QED) is 0.697. The third-order valence-corrected chi connectivity index (χ3v) is 3.82. The van der Waals surface area contributed by atoms with Gasteiger partial charge in [-0.15, -0.1) is 0 Å². The highest BCUT2D eigenvalue weighted by atomic mass is 35.5. The van der Waals surface area contributed by atoms with Crippen LogP contribution in [0.4, 0.5) is 4.79 Å². The molecule has 1 aromatic rings. The topological polar surface area (TPSA) is 70.2 Å². The average molecular weight is 360 g/mol. The van der Waals surface area contributed by atoms with Gasteiger partial charge in [-0.25, -0.2) is 4.79 Å². The van der Waals surface area contributed by atoms with E-state index in [4.69, 9.17) is 23.2 Å². The number of benzene rings is 1. The molecule has 0 aliphatic heterocycles. The van der Waals surface area contributed by atoms with E-state index in [0.29, 0.717) is 22.5 Å². The van der Waals surface area contributed by atoms with Crippen molar-refractivity contribution in [3.63, 3.8) is 0 Å². The second-order valence-electron chi connectivity index (χ2n) is 5.76. The smallest absolute Gasteiger partial charge is 0.321 e. The molecule has 0 fully saturated rings. The molecule has 1 aromatic carbocycles. The number of carbonyl (C=O) groups excluding carboxylic acids is 2. The lowest BCUT2D eigenvalue weighted by atomic mass is 10.1. The van der Waals surface area contributed by atoms with E-state index in [9.17, 15) is 9.59 Å². The zero-order valence-electron chi connectivity index (χ0n) is 13.6. The van der Waals surface area contributed by atoms with E-state index in [-0.39, 0.29) is 12.6 Å². The molecule has 1 rings (SSSR count). The Bertz CT molecular complexity index is 550. The highest BCUT2D eigenvalue weighted by Crippen LogP contribution is 2.25. The van der Waals surface area contributed by atoms with Crippen LogP contribution >= 0.6 is 23.2 Å². The van der Waals surface area contributed by atoms with Gasteiger partial charge in [0.2, 0.25) is 5.91 Å². The molecule has 0 aliphatic carbocycles. The van der Waals surface area contributed by atoms with Gasteiger partial charge in [0.25, 0.3) is 0 Å². The summed E-state index contributed by atoms with van der Waals surface area (Å²) >= 11 is 12.0. The Kier molecular flexibility index (Phi) is 8.37. The summed E-state index contributed by atoms with van der Waals surface area (Å²) in [6.45, 7) is 6.57. The van der Waals surface area contributed by atoms with Gasteiger partial charge in [0.05, 0.1) is 6.54 Å². The average Bonchev–Trinajstić information content (AvgIpc) is 2.44. The van der Waals surface area contributed by atoms with Crippen molar-refractivity contribution in [1.82, 2.24) is 16.0 Å². The Labute approximate surface area is 147 Å². The molecule has 5 nitrogen and oxygen atoms in total. The first-order chi connectivity index (χ1) is 10.8. The molecule has 0 unspecified atom stereocenters. The molecule has 0 spiro atoms. The molecule has 3 amide bonds. The molecule has 0 heterocycles. The fourth-order valence-electron chi connectivity index (χ4n) is 1.90. The van der Waals surface area contributed by atoms with Gasteiger partial charge in [-0.05, 0) is 37.0 Å². The first-order valence-electron chi connectivity index (χ1n) is 7.55. The van der Waals surface area contributed by atoms with E-state index in [1.807, 2.05) is 6.92 Å². The lowest BCUT2D eigenvalue weighted by Crippen LogP contribution is -2.44. The van der Waals surface area contributed by atoms with Crippen molar-refractivity contribution in [3.05, 3.63) is 33.8 Å². The molecule has 0 aromatic heterocycles. The maximum Gasteiger partial charge on any atom is 0.321 e. The second-order valence-corrected chi connectivity index (χ2v) is 6.60. The van der Waals surface area contributed by atoms with E-state index >= 15 is 0 Å². The lowest BCUT2D eigenvalue weighted by molar-refractivity contribution is -0.119. The summed E-state index contributed by atoms with van der Waals surface area (Å²) in [5, 5.41) is 9.03. The highest BCUT2D eigenvalue weighted by Gasteiger charge is 2.12. The van der Waals surface area contributed by atoms with Crippen LogP contribution < -0.4 is 16.0 Å². The van der Waals surface area contributed by atoms with Crippen molar-refractivity contribution < 1.29 is 9.59 Å². The number of imide groups is 1. The minimum Gasteiger partial charge on any atom is -0.338 e. The number of hydrogen-bond donors (Lipinski definition) is 3. The first kappa shape index (κ1) is 19.7. The first-order valence-corrected chi connectivity index (χ1v) is 8.31. The third-order valence-electron chi connectivity index (χ3n) is 3.26. The SMILES string of the molecule is CC(C)CCNC(=O)NC(=O)CN[C@H](C)c1ccc(Cl)cc1Cl. The molecule has 0 saturated heterocycles. The van der Waals surface area contributed by atoms with Crippen LogP contribution in [0.5, 0.6) is 0 Å². The molecular weight excluding hydrogens is 337 g/mol. The Hall–Kier alpha value is -1.30. The molecule has 23 heavy (non-hydrogen) atoms. The third kappa shape index (κ3) is 7.68. The molecule has 3 N–H and O–H groups in total. The van der Waals surface area contributed by atoms with Gasteiger partial charge in [0.15, 0.2) is 0 Å². The Morgan fingerprint density at radius 1 is 1.17 bits per heavy atom. The van der Waals surface area contributed by atoms with Crippen LogP contribution in [0.1, 0.15) is 38.8 Å². The zero-order valence-corrected chi connectivity index (χ0v) is 15.1. The van der Waals surface area contributed by atoms with E-state index in [1.54, 1.807) is 18.2 Å². The van der Waals surface area contributed by atoms with E-state index in [1.165, 1.54) is 0 Å². The fraction of sp³-hybridized carbons (Fsp3) is 0.500. The van der Waals surface area contributed by atoms with E-state index in [0.717, 1.165) is 12.0 Å². The number of nitrogens with one attached hydrogen (secondary N) is 3. The Morgan fingerprint density at radius 2 is 1.87 bits per heavy atom. The number of carbonyl (C=O) groups is 2. The van der Waals surface area contributed by atoms with Gasteiger partial charge in [-0.1, -0.05) is 43.1 Å². The van der Waals surface area contributed by atoms with Gasteiger partial charge in [0, 0.05) is 22.6 Å². The summed E-state index contributed by atoms with van der Waals surface area (Å²) in [7, 11) is 0. The highest BCUT2D eigenvalue weighted by molar-refractivity contribution is 6.35. The summed E-state index contributed by atoms with van der Waals surface area (Å²) in [4.78, 5) is 23.3. The minimum atomic E-state index is -0.477. The number of halogens is 2. The summed E-state index contributed by atoms with van der Waals surface area (Å²) < 4.78 is 0. The van der Waals surface area contributed by atoms with Crippen LogP contribution in [0.15, 0.2) is 18.2 Å². The van der Waals surface area contributed by atoms with Crippen molar-refractivity contribution >= 4 is 35.1 Å². The van der Waals surface area contributed by atoms with Gasteiger partial charge in [-0.3, -0.25) is 10.1 Å². The van der Waals surface area contributed by atoms with Crippen LogP contribution in [-0.4, -0.2) is 25.0 Å². The lowest BCUT2D eigenvalue weighted by Gasteiger charge is -2.15. The molecule has 1 atom stereocenters. The van der Waals surface area contributed by atoms with Gasteiger partial charge < -0.3 is 10.6 Å². The number of amides is 3. The summed E-state index contributed by atoms with van der Waals surface area (Å²) in [6, 6.07) is 4.57. The van der Waals surface area contributed by atoms with Crippen LogP contribution in [0.25, 0.3) is 0 Å². The van der Waals surface area contributed by atoms with Crippen LogP contribution in [0, 0.1) is 5.92 Å². The number of hydrogen-bond acceptors (Lipinski definition) is 3. The number of rotatable bonds is 7. The van der Waals surface area contributed by atoms with Gasteiger partial charge >= 0.3 is 6.03 Å². The standard InChI is InChI=1S/C16H23Cl2N3O2/c1-10(2)6-7-19-16(23)21-15(22)9-20-11(3)13-5-4-12(17)8-14(13)18/h4-5,8,10-11,20H,6-7,9H2,1-3H3,(H2,19,21,22,23)/t11-/m1/s1. The normalized spacial score (nSPS) is 12.1. The zero-order chi connectivity index (χ0) is 17.4. The fourth-order valence-corrected chi connectivity index (χ4v) is 2.47. The van der Waals surface area contributed by atoms with Crippen molar-refractivity contribution in [3.8, 4) is 0 Å². The van der Waals surface area contributed by atoms with Crippen molar-refractivity contribution in [2.24, 2.45) is 5.92 Å². The van der Waals surface area contributed by atoms with Gasteiger partial charge in [-0.2, -0.15) is 0 Å². The van der Waals surface area contributed by atoms with Gasteiger partial charge in [0.1, 0.15) is 0 Å². The van der Waals surface area contributed by atoms with E-state index in [2.05, 4.69) is 29.8 Å². The molecule has 0 aliphatic rings. The molecule has 7 heteroatoms. The maximum absolute atomic E-state index is 11.7. The van der Waals surface area contributed by atoms with Crippen LogP contribution in [-0.2, 0) is 4.79 Å². The second kappa shape index (κ2) is 9.75. The van der Waals surface area contributed by atoms with Crippen LogP contribution in [0.3, 0.4) is 0 Å². The molecule has 128 valence electrons. The summed E-state index contributed by atoms with van der Waals surface area (Å²) in [6.07, 6.45) is 0.867. The monoisotopic (exact) mass is 359 g/mol. The van der Waals surface area contributed by atoms with E-state index < -0.39 is 11.9 Å². The molecule has 0 saturated carbocycles. The predicted octanol–water partition coefficient (Wildman–Crippen LogP) is 3.52. The predicted molar refractivity (Wildman–Crippen MR) is 93.9 cm³/mol. The molecular formula is C16H23Cl2N3O2. The van der Waals surface area contributed by atoms with Crippen LogP contribution in [0.2, 0.25) is 10.0 Å². The molecule has 0 bridgehead atoms. The van der Waals surface area contributed by atoms with Crippen molar-refractivity contribution in [2.45, 2.75) is 33.2 Å². The largest absolute Gasteiger partial charge is 0.338 e. The summed E-state index contributed by atoms with van der Waals surface area (Å²) in [5.41, 5.74) is 0.838.